The number of ether oxygens (including phenoxy) is 1. The Bertz CT molecular complexity index is 407. The van der Waals surface area contributed by atoms with Gasteiger partial charge in [0.2, 0.25) is 0 Å². The van der Waals surface area contributed by atoms with Crippen LogP contribution >= 0.6 is 12.4 Å². The molecule has 0 radical (unpaired) electrons. The van der Waals surface area contributed by atoms with Gasteiger partial charge in [0.15, 0.2) is 0 Å². The molecule has 3 heterocycles. The first-order chi connectivity index (χ1) is 8.34. The lowest BCUT2D eigenvalue weighted by Crippen LogP contribution is -2.37. The summed E-state index contributed by atoms with van der Waals surface area (Å²) in [5.41, 5.74) is 2.62. The number of aromatic nitrogens is 1. The summed E-state index contributed by atoms with van der Waals surface area (Å²) in [5.74, 6) is 1.63. The number of halogens is 1. The van der Waals surface area contributed by atoms with E-state index in [0.717, 1.165) is 45.2 Å². The fourth-order valence-corrected chi connectivity index (χ4v) is 2.56. The van der Waals surface area contributed by atoms with E-state index < -0.39 is 0 Å². The Labute approximate surface area is 114 Å². The Balaban J connectivity index is 0.00000120. The van der Waals surface area contributed by atoms with Crippen LogP contribution in [0.4, 0.5) is 5.82 Å². The average molecular weight is 270 g/mol. The van der Waals surface area contributed by atoms with Crippen molar-refractivity contribution in [3.05, 3.63) is 23.4 Å². The minimum Gasteiger partial charge on any atom is -0.378 e. The molecular weight excluding hydrogens is 250 g/mol. The molecule has 1 fully saturated rings. The molecule has 2 aliphatic rings. The fraction of sp³-hybridized carbons (Fsp3) is 0.615. The molecule has 0 spiro atoms. The SMILES string of the molecule is C[C@H]1CNCc2ccc(N3CCOCC3)nc21.Cl. The third-order valence-electron chi connectivity index (χ3n) is 3.57. The molecule has 2 aliphatic heterocycles. The second-order valence-electron chi connectivity index (χ2n) is 4.85. The van der Waals surface area contributed by atoms with E-state index in [9.17, 15) is 0 Å². The lowest BCUT2D eigenvalue weighted by Gasteiger charge is -2.30. The standard InChI is InChI=1S/C13H19N3O.ClH/c1-10-8-14-9-11-2-3-12(15-13(10)11)16-4-6-17-7-5-16;/h2-3,10,14H,4-9H2,1H3;1H/t10-;/m0./s1. The summed E-state index contributed by atoms with van der Waals surface area (Å²) in [4.78, 5) is 7.17. The molecule has 3 rings (SSSR count). The summed E-state index contributed by atoms with van der Waals surface area (Å²) in [7, 11) is 0. The molecule has 0 bridgehead atoms. The van der Waals surface area contributed by atoms with Crippen LogP contribution in [0.25, 0.3) is 0 Å². The Morgan fingerprint density at radius 1 is 1.33 bits per heavy atom. The molecule has 18 heavy (non-hydrogen) atoms. The van der Waals surface area contributed by atoms with E-state index in [1.807, 2.05) is 0 Å². The third kappa shape index (κ3) is 2.60. The molecule has 0 amide bonds. The summed E-state index contributed by atoms with van der Waals surface area (Å²) >= 11 is 0. The van der Waals surface area contributed by atoms with Crippen molar-refractivity contribution in [2.45, 2.75) is 19.4 Å². The molecule has 100 valence electrons. The highest BCUT2D eigenvalue weighted by Gasteiger charge is 2.20. The summed E-state index contributed by atoms with van der Waals surface area (Å²) in [6.07, 6.45) is 0. The van der Waals surface area contributed by atoms with E-state index in [1.165, 1.54) is 11.3 Å². The van der Waals surface area contributed by atoms with Gasteiger partial charge in [-0.2, -0.15) is 0 Å². The molecule has 1 N–H and O–H groups in total. The third-order valence-corrected chi connectivity index (χ3v) is 3.57. The van der Waals surface area contributed by atoms with Crippen LogP contribution in [-0.4, -0.2) is 37.8 Å². The van der Waals surface area contributed by atoms with Gasteiger partial charge in [0.1, 0.15) is 5.82 Å². The molecule has 1 aromatic rings. The van der Waals surface area contributed by atoms with E-state index in [-0.39, 0.29) is 12.4 Å². The second kappa shape index (κ2) is 5.87. The zero-order valence-corrected chi connectivity index (χ0v) is 11.5. The topological polar surface area (TPSA) is 37.4 Å². The van der Waals surface area contributed by atoms with Gasteiger partial charge in [0, 0.05) is 32.1 Å². The minimum absolute atomic E-state index is 0. The minimum atomic E-state index is 0. The number of nitrogens with one attached hydrogen (secondary N) is 1. The molecule has 0 aliphatic carbocycles. The number of pyridine rings is 1. The van der Waals surface area contributed by atoms with Gasteiger partial charge >= 0.3 is 0 Å². The molecule has 4 nitrogen and oxygen atoms in total. The van der Waals surface area contributed by atoms with Crippen molar-refractivity contribution in [2.75, 3.05) is 37.7 Å². The highest BCUT2D eigenvalue weighted by Crippen LogP contribution is 2.24. The fourth-order valence-electron chi connectivity index (χ4n) is 2.56. The molecule has 1 aromatic heterocycles. The predicted molar refractivity (Wildman–Crippen MR) is 74.6 cm³/mol. The Morgan fingerprint density at radius 3 is 2.89 bits per heavy atom. The van der Waals surface area contributed by atoms with Crippen molar-refractivity contribution >= 4 is 18.2 Å². The van der Waals surface area contributed by atoms with Gasteiger partial charge < -0.3 is 15.0 Å². The molecule has 0 unspecified atom stereocenters. The van der Waals surface area contributed by atoms with Gasteiger partial charge in [-0.15, -0.1) is 12.4 Å². The van der Waals surface area contributed by atoms with Gasteiger partial charge in [-0.1, -0.05) is 13.0 Å². The molecule has 5 heteroatoms. The Kier molecular flexibility index (Phi) is 4.43. The molecule has 0 aromatic carbocycles. The van der Waals surface area contributed by atoms with Crippen molar-refractivity contribution in [3.63, 3.8) is 0 Å². The van der Waals surface area contributed by atoms with Crippen LogP contribution in [0.5, 0.6) is 0 Å². The van der Waals surface area contributed by atoms with Gasteiger partial charge in [-0.3, -0.25) is 0 Å². The summed E-state index contributed by atoms with van der Waals surface area (Å²) in [6.45, 7) is 7.77. The number of morpholine rings is 1. The van der Waals surface area contributed by atoms with Gasteiger partial charge in [-0.25, -0.2) is 4.98 Å². The number of anilines is 1. The molecule has 1 saturated heterocycles. The van der Waals surface area contributed by atoms with Crippen LogP contribution in [-0.2, 0) is 11.3 Å². The summed E-state index contributed by atoms with van der Waals surface area (Å²) in [6, 6.07) is 4.36. The highest BCUT2D eigenvalue weighted by atomic mass is 35.5. The van der Waals surface area contributed by atoms with Crippen LogP contribution < -0.4 is 10.2 Å². The number of hydrogen-bond donors (Lipinski definition) is 1. The molecular formula is C13H20ClN3O. The predicted octanol–water partition coefficient (Wildman–Crippen LogP) is 1.55. The van der Waals surface area contributed by atoms with Crippen molar-refractivity contribution in [1.29, 1.82) is 0 Å². The summed E-state index contributed by atoms with van der Waals surface area (Å²) < 4.78 is 5.38. The smallest absolute Gasteiger partial charge is 0.128 e. The van der Waals surface area contributed by atoms with E-state index in [0.29, 0.717) is 5.92 Å². The van der Waals surface area contributed by atoms with Gasteiger partial charge in [-0.05, 0) is 11.6 Å². The van der Waals surface area contributed by atoms with Crippen molar-refractivity contribution in [1.82, 2.24) is 10.3 Å². The maximum absolute atomic E-state index is 5.38. The molecule has 0 saturated carbocycles. The number of fused-ring (bicyclic) bond motifs is 1. The lowest BCUT2D eigenvalue weighted by atomic mass is 9.98. The van der Waals surface area contributed by atoms with E-state index in [4.69, 9.17) is 9.72 Å². The summed E-state index contributed by atoms with van der Waals surface area (Å²) in [5, 5.41) is 3.42. The Hall–Kier alpha value is -0.840. The van der Waals surface area contributed by atoms with Crippen LogP contribution in [0.15, 0.2) is 12.1 Å². The highest BCUT2D eigenvalue weighted by molar-refractivity contribution is 5.85. The van der Waals surface area contributed by atoms with Crippen molar-refractivity contribution in [2.24, 2.45) is 0 Å². The van der Waals surface area contributed by atoms with Crippen molar-refractivity contribution < 1.29 is 4.74 Å². The monoisotopic (exact) mass is 269 g/mol. The zero-order chi connectivity index (χ0) is 11.7. The Morgan fingerprint density at radius 2 is 2.11 bits per heavy atom. The average Bonchev–Trinajstić information content (AvgIpc) is 2.40. The second-order valence-corrected chi connectivity index (χ2v) is 4.85. The van der Waals surface area contributed by atoms with E-state index in [1.54, 1.807) is 0 Å². The first-order valence-corrected chi connectivity index (χ1v) is 6.38. The van der Waals surface area contributed by atoms with Gasteiger partial charge in [0.25, 0.3) is 0 Å². The quantitative estimate of drug-likeness (QED) is 0.839. The first-order valence-electron chi connectivity index (χ1n) is 6.38. The maximum Gasteiger partial charge on any atom is 0.128 e. The number of hydrogen-bond acceptors (Lipinski definition) is 4. The normalized spacial score (nSPS) is 23.2. The first kappa shape index (κ1) is 13.6. The maximum atomic E-state index is 5.38. The number of rotatable bonds is 1. The molecule has 1 atom stereocenters. The largest absolute Gasteiger partial charge is 0.378 e. The van der Waals surface area contributed by atoms with Crippen molar-refractivity contribution in [3.8, 4) is 0 Å². The van der Waals surface area contributed by atoms with Crippen LogP contribution in [0.1, 0.15) is 24.1 Å². The zero-order valence-electron chi connectivity index (χ0n) is 10.7. The van der Waals surface area contributed by atoms with Crippen LogP contribution in [0, 0.1) is 0 Å². The lowest BCUT2D eigenvalue weighted by molar-refractivity contribution is 0.122. The van der Waals surface area contributed by atoms with E-state index >= 15 is 0 Å². The number of nitrogens with zero attached hydrogens (tertiary/aromatic N) is 2. The van der Waals surface area contributed by atoms with Gasteiger partial charge in [0.05, 0.1) is 18.9 Å². The van der Waals surface area contributed by atoms with E-state index in [2.05, 4.69) is 29.3 Å². The van der Waals surface area contributed by atoms with Crippen LogP contribution in [0.3, 0.4) is 0 Å². The van der Waals surface area contributed by atoms with Crippen LogP contribution in [0.2, 0.25) is 0 Å².